The molecule has 0 amide bonds. The summed E-state index contributed by atoms with van der Waals surface area (Å²) in [5, 5.41) is 7.01. The summed E-state index contributed by atoms with van der Waals surface area (Å²) in [6.07, 6.45) is 2.53. The minimum Gasteiger partial charge on any atom is -0.356 e. The summed E-state index contributed by atoms with van der Waals surface area (Å²) in [4.78, 5) is 9.45. The molecule has 1 aromatic rings. The van der Waals surface area contributed by atoms with E-state index in [0.717, 1.165) is 25.6 Å². The van der Waals surface area contributed by atoms with Gasteiger partial charge in [0.2, 0.25) is 0 Å². The number of aliphatic imine (C=N–C) groups is 1. The van der Waals surface area contributed by atoms with Crippen LogP contribution < -0.4 is 10.6 Å². The highest BCUT2D eigenvalue weighted by atomic mass is 127. The monoisotopic (exact) mass is 471 g/mol. The zero-order valence-electron chi connectivity index (χ0n) is 16.2. The molecule has 0 spiro atoms. The van der Waals surface area contributed by atoms with Gasteiger partial charge in [-0.2, -0.15) is 0 Å². The third kappa shape index (κ3) is 5.82. The lowest BCUT2D eigenvalue weighted by Gasteiger charge is -2.34. The van der Waals surface area contributed by atoms with Crippen LogP contribution in [0.5, 0.6) is 0 Å². The van der Waals surface area contributed by atoms with Gasteiger partial charge in [-0.05, 0) is 24.9 Å². The number of benzene rings is 1. The first-order valence-corrected chi connectivity index (χ1v) is 9.70. The third-order valence-electron chi connectivity index (χ3n) is 5.69. The van der Waals surface area contributed by atoms with Crippen LogP contribution in [0.3, 0.4) is 0 Å². The summed E-state index contributed by atoms with van der Waals surface area (Å²) in [5.74, 6) is 0.925. The maximum absolute atomic E-state index is 4.39. The molecule has 1 aliphatic heterocycles. The first-order chi connectivity index (χ1) is 12.3. The first-order valence-electron chi connectivity index (χ1n) is 9.70. The number of rotatable bonds is 7. The normalized spacial score (nSPS) is 20.3. The lowest BCUT2D eigenvalue weighted by molar-refractivity contribution is 0.139. The molecule has 0 aromatic heterocycles. The van der Waals surface area contributed by atoms with Crippen molar-refractivity contribution >= 4 is 29.9 Å². The number of nitrogens with zero attached hydrogens (tertiary/aromatic N) is 3. The summed E-state index contributed by atoms with van der Waals surface area (Å²) >= 11 is 0. The van der Waals surface area contributed by atoms with Gasteiger partial charge in [0.05, 0.1) is 0 Å². The average molecular weight is 471 g/mol. The van der Waals surface area contributed by atoms with Gasteiger partial charge < -0.3 is 15.5 Å². The van der Waals surface area contributed by atoms with E-state index in [1.165, 1.54) is 51.1 Å². The fourth-order valence-corrected chi connectivity index (χ4v) is 3.65. The number of nitrogens with one attached hydrogen (secondary N) is 2. The molecule has 0 radical (unpaired) electrons. The minimum atomic E-state index is 0. The summed E-state index contributed by atoms with van der Waals surface area (Å²) in [7, 11) is 1.86. The van der Waals surface area contributed by atoms with Gasteiger partial charge in [0, 0.05) is 58.3 Å². The van der Waals surface area contributed by atoms with Gasteiger partial charge in [0.1, 0.15) is 0 Å². The fraction of sp³-hybridized carbons (Fsp3) is 0.650. The van der Waals surface area contributed by atoms with E-state index in [0.29, 0.717) is 5.41 Å². The van der Waals surface area contributed by atoms with Gasteiger partial charge in [-0.15, -0.1) is 24.0 Å². The number of piperazine rings is 1. The Morgan fingerprint density at radius 3 is 2.27 bits per heavy atom. The van der Waals surface area contributed by atoms with Crippen molar-refractivity contribution in [2.24, 2.45) is 4.99 Å². The smallest absolute Gasteiger partial charge is 0.191 e. The highest BCUT2D eigenvalue weighted by Crippen LogP contribution is 2.47. The Balaban J connectivity index is 0.00000243. The molecule has 2 fully saturated rings. The van der Waals surface area contributed by atoms with E-state index < -0.39 is 0 Å². The summed E-state index contributed by atoms with van der Waals surface area (Å²) < 4.78 is 0. The first kappa shape index (κ1) is 21.4. The van der Waals surface area contributed by atoms with E-state index >= 15 is 0 Å². The second-order valence-corrected chi connectivity index (χ2v) is 7.27. The molecule has 146 valence electrons. The third-order valence-corrected chi connectivity index (χ3v) is 5.69. The van der Waals surface area contributed by atoms with Crippen molar-refractivity contribution in [1.82, 2.24) is 20.4 Å². The van der Waals surface area contributed by atoms with Crippen molar-refractivity contribution in [2.75, 3.05) is 59.4 Å². The number of hydrogen-bond donors (Lipinski definition) is 2. The quantitative estimate of drug-likeness (QED) is 0.364. The van der Waals surface area contributed by atoms with Crippen LogP contribution >= 0.6 is 24.0 Å². The van der Waals surface area contributed by atoms with Gasteiger partial charge in [0.25, 0.3) is 0 Å². The van der Waals surface area contributed by atoms with Crippen LogP contribution in [0.15, 0.2) is 35.3 Å². The van der Waals surface area contributed by atoms with Crippen LogP contribution in [-0.2, 0) is 5.41 Å². The van der Waals surface area contributed by atoms with Crippen molar-refractivity contribution in [3.8, 4) is 0 Å². The van der Waals surface area contributed by atoms with Gasteiger partial charge in [-0.25, -0.2) is 0 Å². The lowest BCUT2D eigenvalue weighted by Crippen LogP contribution is -2.49. The van der Waals surface area contributed by atoms with Gasteiger partial charge in [0.15, 0.2) is 5.96 Å². The Kier molecular flexibility index (Phi) is 8.63. The van der Waals surface area contributed by atoms with Crippen molar-refractivity contribution in [2.45, 2.75) is 25.2 Å². The summed E-state index contributed by atoms with van der Waals surface area (Å²) in [5.41, 5.74) is 1.77. The maximum atomic E-state index is 4.39. The number of halogens is 1. The molecule has 5 nitrogen and oxygen atoms in total. The van der Waals surface area contributed by atoms with Crippen LogP contribution in [0.25, 0.3) is 0 Å². The maximum Gasteiger partial charge on any atom is 0.191 e. The van der Waals surface area contributed by atoms with E-state index in [4.69, 9.17) is 0 Å². The summed E-state index contributed by atoms with van der Waals surface area (Å²) in [6.45, 7) is 11.2. The number of hydrogen-bond acceptors (Lipinski definition) is 3. The molecule has 2 N–H and O–H groups in total. The second-order valence-electron chi connectivity index (χ2n) is 7.27. The van der Waals surface area contributed by atoms with Crippen molar-refractivity contribution in [1.29, 1.82) is 0 Å². The van der Waals surface area contributed by atoms with Crippen LogP contribution in [0, 0.1) is 0 Å². The molecule has 0 atom stereocenters. The van der Waals surface area contributed by atoms with E-state index in [2.05, 4.69) is 62.7 Å². The molecule has 1 saturated heterocycles. The van der Waals surface area contributed by atoms with E-state index in [1.807, 2.05) is 7.05 Å². The molecule has 3 rings (SSSR count). The fourth-order valence-electron chi connectivity index (χ4n) is 3.65. The number of likely N-dealkylation sites (N-methyl/N-ethyl adjacent to an activating group) is 1. The summed E-state index contributed by atoms with van der Waals surface area (Å²) in [6, 6.07) is 10.9. The predicted octanol–water partition coefficient (Wildman–Crippen LogP) is 2.14. The molecule has 1 heterocycles. The van der Waals surface area contributed by atoms with E-state index in [9.17, 15) is 0 Å². The molecule has 1 aliphatic carbocycles. The minimum absolute atomic E-state index is 0. The Hall–Kier alpha value is -0.860. The molecular weight excluding hydrogens is 437 g/mol. The largest absolute Gasteiger partial charge is 0.356 e. The molecule has 1 saturated carbocycles. The molecule has 0 unspecified atom stereocenters. The van der Waals surface area contributed by atoms with Gasteiger partial charge >= 0.3 is 0 Å². The zero-order valence-corrected chi connectivity index (χ0v) is 18.5. The molecule has 0 bridgehead atoms. The standard InChI is InChI=1S/C20H33N5.HI/c1-3-24-13-15-25(16-14-24)12-11-22-19(21-2)23-17-20(9-10-20)18-7-5-4-6-8-18;/h4-8H,3,9-17H2,1-2H3,(H2,21,22,23);1H. The Bertz CT molecular complexity index is 551. The second kappa shape index (κ2) is 10.5. The Morgan fingerprint density at radius 2 is 1.69 bits per heavy atom. The number of guanidine groups is 1. The highest BCUT2D eigenvalue weighted by molar-refractivity contribution is 14.0. The van der Waals surface area contributed by atoms with E-state index in [-0.39, 0.29) is 24.0 Å². The predicted molar refractivity (Wildman–Crippen MR) is 121 cm³/mol. The van der Waals surface area contributed by atoms with Gasteiger partial charge in [-0.1, -0.05) is 37.3 Å². The van der Waals surface area contributed by atoms with Gasteiger partial charge in [-0.3, -0.25) is 9.89 Å². The Morgan fingerprint density at radius 1 is 1.04 bits per heavy atom. The van der Waals surface area contributed by atoms with Crippen LogP contribution in [0.4, 0.5) is 0 Å². The highest BCUT2D eigenvalue weighted by Gasteiger charge is 2.43. The SMILES string of the molecule is CCN1CCN(CCNC(=NC)NCC2(c3ccccc3)CC2)CC1.I. The van der Waals surface area contributed by atoms with Crippen LogP contribution in [-0.4, -0.2) is 75.2 Å². The Labute approximate surface area is 175 Å². The lowest BCUT2D eigenvalue weighted by atomic mass is 9.96. The average Bonchev–Trinajstić information content (AvgIpc) is 3.47. The van der Waals surface area contributed by atoms with Crippen molar-refractivity contribution in [3.63, 3.8) is 0 Å². The van der Waals surface area contributed by atoms with Crippen molar-refractivity contribution in [3.05, 3.63) is 35.9 Å². The van der Waals surface area contributed by atoms with E-state index in [1.54, 1.807) is 0 Å². The molecular formula is C20H34IN5. The zero-order chi connectivity index (χ0) is 17.5. The van der Waals surface area contributed by atoms with Crippen LogP contribution in [0.2, 0.25) is 0 Å². The van der Waals surface area contributed by atoms with Crippen molar-refractivity contribution < 1.29 is 0 Å². The molecule has 26 heavy (non-hydrogen) atoms. The molecule has 2 aliphatic rings. The van der Waals surface area contributed by atoms with Crippen LogP contribution in [0.1, 0.15) is 25.3 Å². The molecule has 6 heteroatoms. The topological polar surface area (TPSA) is 42.9 Å². The molecule has 1 aromatic carbocycles.